The van der Waals surface area contributed by atoms with E-state index < -0.39 is 5.54 Å². The van der Waals surface area contributed by atoms with Gasteiger partial charge in [0.05, 0.1) is 5.54 Å². The molecule has 1 amide bonds. The number of hydrogen-bond acceptors (Lipinski definition) is 3. The van der Waals surface area contributed by atoms with E-state index in [1.54, 1.807) is 19.4 Å². The molecule has 0 saturated heterocycles. The summed E-state index contributed by atoms with van der Waals surface area (Å²) in [6.07, 6.45) is 3.53. The van der Waals surface area contributed by atoms with Crippen molar-refractivity contribution in [1.82, 2.24) is 15.6 Å². The van der Waals surface area contributed by atoms with Gasteiger partial charge in [0, 0.05) is 18.9 Å². The van der Waals surface area contributed by atoms with E-state index in [0.29, 0.717) is 6.54 Å². The van der Waals surface area contributed by atoms with Gasteiger partial charge >= 0.3 is 0 Å². The normalized spacial score (nSPS) is 11.2. The van der Waals surface area contributed by atoms with Crippen LogP contribution in [-0.4, -0.2) is 23.5 Å². The number of hydrogen-bond donors (Lipinski definition) is 2. The molecule has 88 valence electrons. The molecule has 0 aromatic carbocycles. The number of nitrogens with one attached hydrogen (secondary N) is 2. The number of amides is 1. The minimum atomic E-state index is -0.546. The fourth-order valence-electron chi connectivity index (χ4n) is 1.19. The summed E-state index contributed by atoms with van der Waals surface area (Å²) in [7, 11) is 1.77. The second kappa shape index (κ2) is 5.07. The Morgan fingerprint density at radius 1 is 1.50 bits per heavy atom. The van der Waals surface area contributed by atoms with Gasteiger partial charge < -0.3 is 10.6 Å². The highest BCUT2D eigenvalue weighted by atomic mass is 16.2. The summed E-state index contributed by atoms with van der Waals surface area (Å²) in [5, 5.41) is 5.85. The lowest BCUT2D eigenvalue weighted by Gasteiger charge is -2.22. The first kappa shape index (κ1) is 12.6. The quantitative estimate of drug-likeness (QED) is 0.797. The molecule has 4 nitrogen and oxygen atoms in total. The third-order valence-corrected chi connectivity index (χ3v) is 2.78. The van der Waals surface area contributed by atoms with Crippen LogP contribution in [0.25, 0.3) is 0 Å². The van der Waals surface area contributed by atoms with Crippen LogP contribution < -0.4 is 10.6 Å². The van der Waals surface area contributed by atoms with Gasteiger partial charge in [0.15, 0.2) is 0 Å². The lowest BCUT2D eigenvalue weighted by atomic mass is 10.0. The van der Waals surface area contributed by atoms with Crippen molar-refractivity contribution in [3.8, 4) is 0 Å². The Morgan fingerprint density at radius 3 is 2.75 bits per heavy atom. The second-order valence-corrected chi connectivity index (χ2v) is 4.36. The minimum absolute atomic E-state index is 0.0155. The van der Waals surface area contributed by atoms with E-state index in [4.69, 9.17) is 0 Å². The van der Waals surface area contributed by atoms with E-state index in [9.17, 15) is 4.79 Å². The highest BCUT2D eigenvalue weighted by Crippen LogP contribution is 2.06. The van der Waals surface area contributed by atoms with E-state index >= 15 is 0 Å². The molecule has 1 aromatic heterocycles. The van der Waals surface area contributed by atoms with E-state index in [1.165, 1.54) is 0 Å². The predicted octanol–water partition coefficient (Wildman–Crippen LogP) is 1.00. The molecule has 0 atom stereocenters. The van der Waals surface area contributed by atoms with Crippen LogP contribution in [0.2, 0.25) is 0 Å². The molecule has 1 aromatic rings. The maximum Gasteiger partial charge on any atom is 0.239 e. The van der Waals surface area contributed by atoms with Crippen LogP contribution in [0.5, 0.6) is 0 Å². The van der Waals surface area contributed by atoms with Crippen molar-refractivity contribution in [3.63, 3.8) is 0 Å². The van der Waals surface area contributed by atoms with Gasteiger partial charge in [-0.25, -0.2) is 0 Å². The first-order valence-electron chi connectivity index (χ1n) is 5.34. The Morgan fingerprint density at radius 2 is 2.19 bits per heavy atom. The molecular formula is C12H19N3O. The molecule has 0 aliphatic carbocycles. The van der Waals surface area contributed by atoms with E-state index in [0.717, 1.165) is 11.1 Å². The van der Waals surface area contributed by atoms with Crippen molar-refractivity contribution in [2.24, 2.45) is 0 Å². The van der Waals surface area contributed by atoms with Crippen molar-refractivity contribution < 1.29 is 4.79 Å². The predicted molar refractivity (Wildman–Crippen MR) is 64.0 cm³/mol. The largest absolute Gasteiger partial charge is 0.350 e. The first-order chi connectivity index (χ1) is 7.47. The van der Waals surface area contributed by atoms with E-state index in [2.05, 4.69) is 15.6 Å². The zero-order valence-electron chi connectivity index (χ0n) is 10.3. The lowest BCUT2D eigenvalue weighted by molar-refractivity contribution is -0.126. The molecule has 1 rings (SSSR count). The molecule has 0 unspecified atom stereocenters. The summed E-state index contributed by atoms with van der Waals surface area (Å²) in [5.74, 6) is -0.0155. The zero-order chi connectivity index (χ0) is 12.2. The van der Waals surface area contributed by atoms with Gasteiger partial charge in [0.1, 0.15) is 0 Å². The molecule has 0 spiro atoms. The fraction of sp³-hybridized carbons (Fsp3) is 0.500. The van der Waals surface area contributed by atoms with Gasteiger partial charge in [-0.05, 0) is 45.0 Å². The zero-order valence-corrected chi connectivity index (χ0v) is 10.3. The molecule has 16 heavy (non-hydrogen) atoms. The SMILES string of the molecule is CNC(C)(C)C(=O)NCc1cnccc1C. The van der Waals surface area contributed by atoms with Crippen LogP contribution in [-0.2, 0) is 11.3 Å². The van der Waals surface area contributed by atoms with Crippen LogP contribution >= 0.6 is 0 Å². The van der Waals surface area contributed by atoms with Gasteiger partial charge in [-0.15, -0.1) is 0 Å². The van der Waals surface area contributed by atoms with Gasteiger partial charge in [-0.3, -0.25) is 9.78 Å². The van der Waals surface area contributed by atoms with Crippen LogP contribution in [0.4, 0.5) is 0 Å². The summed E-state index contributed by atoms with van der Waals surface area (Å²) in [4.78, 5) is 15.8. The summed E-state index contributed by atoms with van der Waals surface area (Å²) in [5.41, 5.74) is 1.64. The summed E-state index contributed by atoms with van der Waals surface area (Å²) in [6.45, 7) is 6.22. The second-order valence-electron chi connectivity index (χ2n) is 4.36. The van der Waals surface area contributed by atoms with Crippen molar-refractivity contribution in [3.05, 3.63) is 29.6 Å². The topological polar surface area (TPSA) is 54.0 Å². The van der Waals surface area contributed by atoms with Crippen LogP contribution in [0.15, 0.2) is 18.5 Å². The van der Waals surface area contributed by atoms with Crippen molar-refractivity contribution >= 4 is 5.91 Å². The maximum absolute atomic E-state index is 11.8. The molecule has 0 bridgehead atoms. The smallest absolute Gasteiger partial charge is 0.239 e. The first-order valence-corrected chi connectivity index (χ1v) is 5.34. The van der Waals surface area contributed by atoms with Crippen LogP contribution in [0.1, 0.15) is 25.0 Å². The van der Waals surface area contributed by atoms with E-state index in [1.807, 2.05) is 26.8 Å². The summed E-state index contributed by atoms with van der Waals surface area (Å²) < 4.78 is 0. The fourth-order valence-corrected chi connectivity index (χ4v) is 1.19. The Kier molecular flexibility index (Phi) is 4.01. The molecule has 0 fully saturated rings. The molecule has 2 N–H and O–H groups in total. The molecule has 0 aliphatic rings. The minimum Gasteiger partial charge on any atom is -0.350 e. The Bertz CT molecular complexity index is 374. The highest BCUT2D eigenvalue weighted by Gasteiger charge is 2.24. The molecule has 1 heterocycles. The lowest BCUT2D eigenvalue weighted by Crippen LogP contribution is -2.50. The number of likely N-dealkylation sites (N-methyl/N-ethyl adjacent to an activating group) is 1. The van der Waals surface area contributed by atoms with Crippen molar-refractivity contribution in [1.29, 1.82) is 0 Å². The molecular weight excluding hydrogens is 202 g/mol. The number of rotatable bonds is 4. The number of carbonyl (C=O) groups excluding carboxylic acids is 1. The number of carbonyl (C=O) groups is 1. The van der Waals surface area contributed by atoms with Crippen molar-refractivity contribution in [2.75, 3.05) is 7.05 Å². The number of nitrogens with zero attached hydrogens (tertiary/aromatic N) is 1. The third-order valence-electron chi connectivity index (χ3n) is 2.78. The molecule has 4 heteroatoms. The van der Waals surface area contributed by atoms with Crippen LogP contribution in [0.3, 0.4) is 0 Å². The standard InChI is InChI=1S/C12H19N3O/c1-9-5-6-14-7-10(9)8-15-11(16)12(2,3)13-4/h5-7,13H,8H2,1-4H3,(H,15,16). The average molecular weight is 221 g/mol. The number of aryl methyl sites for hydroxylation is 1. The summed E-state index contributed by atoms with van der Waals surface area (Å²) in [6, 6.07) is 1.94. The van der Waals surface area contributed by atoms with Gasteiger partial charge in [-0.2, -0.15) is 0 Å². The number of pyridine rings is 1. The Balaban J connectivity index is 2.59. The molecule has 0 aliphatic heterocycles. The van der Waals surface area contributed by atoms with Gasteiger partial charge in [-0.1, -0.05) is 0 Å². The van der Waals surface area contributed by atoms with Crippen LogP contribution in [0, 0.1) is 6.92 Å². The Labute approximate surface area is 96.5 Å². The van der Waals surface area contributed by atoms with Crippen molar-refractivity contribution in [2.45, 2.75) is 32.9 Å². The van der Waals surface area contributed by atoms with E-state index in [-0.39, 0.29) is 5.91 Å². The highest BCUT2D eigenvalue weighted by molar-refractivity contribution is 5.85. The third kappa shape index (κ3) is 3.03. The monoisotopic (exact) mass is 221 g/mol. The van der Waals surface area contributed by atoms with Gasteiger partial charge in [0.2, 0.25) is 5.91 Å². The molecule has 0 saturated carbocycles. The maximum atomic E-state index is 11.8. The average Bonchev–Trinajstić information content (AvgIpc) is 2.27. The number of aromatic nitrogens is 1. The van der Waals surface area contributed by atoms with Gasteiger partial charge in [0.25, 0.3) is 0 Å². The molecule has 0 radical (unpaired) electrons. The Hall–Kier alpha value is -1.42. The summed E-state index contributed by atoms with van der Waals surface area (Å²) >= 11 is 0.